The monoisotopic (exact) mass is 211 g/mol. The lowest BCUT2D eigenvalue weighted by molar-refractivity contribution is 0.617. The molecule has 0 saturated carbocycles. The zero-order valence-electron chi connectivity index (χ0n) is 8.42. The van der Waals surface area contributed by atoms with Crippen molar-refractivity contribution in [1.82, 2.24) is 9.97 Å². The van der Waals surface area contributed by atoms with Gasteiger partial charge in [-0.25, -0.2) is 4.98 Å². The molecule has 0 bridgehead atoms. The molecule has 3 rings (SSSR count). The van der Waals surface area contributed by atoms with Crippen molar-refractivity contribution in [2.75, 3.05) is 5.73 Å². The van der Waals surface area contributed by atoms with E-state index >= 15 is 0 Å². The third-order valence-electron chi connectivity index (χ3n) is 2.30. The number of pyridine rings is 1. The van der Waals surface area contributed by atoms with Gasteiger partial charge in [-0.1, -0.05) is 6.07 Å². The molecule has 2 aromatic heterocycles. The molecule has 2 heterocycles. The second-order valence-electron chi connectivity index (χ2n) is 3.46. The quantitative estimate of drug-likeness (QED) is 0.628. The number of nitrogens with zero attached hydrogens (tertiary/aromatic N) is 2. The SMILES string of the molecule is Nc1ccc2nc(-c3ccccn3)oc2c1. The normalized spacial score (nSPS) is 10.8. The number of anilines is 1. The molecule has 0 aliphatic rings. The molecule has 0 fully saturated rings. The number of fused-ring (bicyclic) bond motifs is 1. The highest BCUT2D eigenvalue weighted by Gasteiger charge is 2.08. The first kappa shape index (κ1) is 8.91. The van der Waals surface area contributed by atoms with Crippen molar-refractivity contribution < 1.29 is 4.42 Å². The van der Waals surface area contributed by atoms with Crippen LogP contribution in [0, 0.1) is 0 Å². The van der Waals surface area contributed by atoms with Crippen molar-refractivity contribution in [2.24, 2.45) is 0 Å². The topological polar surface area (TPSA) is 64.9 Å². The maximum Gasteiger partial charge on any atom is 0.246 e. The first-order chi connectivity index (χ1) is 7.83. The molecule has 0 unspecified atom stereocenters. The molecule has 1 aromatic carbocycles. The second kappa shape index (κ2) is 3.34. The first-order valence-electron chi connectivity index (χ1n) is 4.90. The van der Waals surface area contributed by atoms with Crippen molar-refractivity contribution in [3.63, 3.8) is 0 Å². The van der Waals surface area contributed by atoms with Crippen LogP contribution in [0.3, 0.4) is 0 Å². The molecule has 0 radical (unpaired) electrons. The number of rotatable bonds is 1. The predicted molar refractivity (Wildman–Crippen MR) is 61.7 cm³/mol. The molecule has 4 nitrogen and oxygen atoms in total. The molecule has 16 heavy (non-hydrogen) atoms. The highest BCUT2D eigenvalue weighted by atomic mass is 16.3. The summed E-state index contributed by atoms with van der Waals surface area (Å²) in [6.07, 6.45) is 1.71. The number of nitrogens with two attached hydrogens (primary N) is 1. The third kappa shape index (κ3) is 1.40. The van der Waals surface area contributed by atoms with Gasteiger partial charge in [-0.3, -0.25) is 4.98 Å². The minimum atomic E-state index is 0.515. The highest BCUT2D eigenvalue weighted by Crippen LogP contribution is 2.23. The van der Waals surface area contributed by atoms with E-state index in [1.807, 2.05) is 24.3 Å². The van der Waals surface area contributed by atoms with E-state index in [2.05, 4.69) is 9.97 Å². The van der Waals surface area contributed by atoms with E-state index in [9.17, 15) is 0 Å². The van der Waals surface area contributed by atoms with E-state index in [1.54, 1.807) is 18.3 Å². The van der Waals surface area contributed by atoms with Crippen LogP contribution in [-0.4, -0.2) is 9.97 Å². The average Bonchev–Trinajstić information content (AvgIpc) is 2.73. The standard InChI is InChI=1S/C12H9N3O/c13-8-4-5-9-11(7-8)16-12(15-9)10-3-1-2-6-14-10/h1-7H,13H2. The van der Waals surface area contributed by atoms with Crippen LogP contribution in [0.5, 0.6) is 0 Å². The first-order valence-corrected chi connectivity index (χ1v) is 4.90. The Balaban J connectivity index is 2.19. The van der Waals surface area contributed by atoms with Crippen molar-refractivity contribution in [1.29, 1.82) is 0 Å². The largest absolute Gasteiger partial charge is 0.435 e. The third-order valence-corrected chi connectivity index (χ3v) is 2.30. The van der Waals surface area contributed by atoms with E-state index in [1.165, 1.54) is 0 Å². The molecular formula is C12H9N3O. The molecule has 0 amide bonds. The molecular weight excluding hydrogens is 202 g/mol. The summed E-state index contributed by atoms with van der Waals surface area (Å²) in [7, 11) is 0. The van der Waals surface area contributed by atoms with Gasteiger partial charge in [-0.05, 0) is 24.3 Å². The Morgan fingerprint density at radius 1 is 1.12 bits per heavy atom. The van der Waals surface area contributed by atoms with Crippen LogP contribution >= 0.6 is 0 Å². The second-order valence-corrected chi connectivity index (χ2v) is 3.46. The molecule has 4 heteroatoms. The van der Waals surface area contributed by atoms with Gasteiger partial charge in [0.2, 0.25) is 5.89 Å². The van der Waals surface area contributed by atoms with E-state index < -0.39 is 0 Å². The molecule has 0 spiro atoms. The molecule has 2 N–H and O–H groups in total. The van der Waals surface area contributed by atoms with Gasteiger partial charge in [0.1, 0.15) is 11.2 Å². The lowest BCUT2D eigenvalue weighted by Crippen LogP contribution is -1.81. The van der Waals surface area contributed by atoms with E-state index in [0.717, 1.165) is 11.2 Å². The minimum absolute atomic E-state index is 0.515. The number of hydrogen-bond acceptors (Lipinski definition) is 4. The summed E-state index contributed by atoms with van der Waals surface area (Å²) < 4.78 is 5.58. The number of benzene rings is 1. The molecule has 0 atom stereocenters. The van der Waals surface area contributed by atoms with E-state index in [4.69, 9.17) is 10.2 Å². The van der Waals surface area contributed by atoms with Crippen LogP contribution in [0.2, 0.25) is 0 Å². The van der Waals surface area contributed by atoms with Crippen LogP contribution in [0.4, 0.5) is 5.69 Å². The van der Waals surface area contributed by atoms with Crippen LogP contribution in [0.1, 0.15) is 0 Å². The Hall–Kier alpha value is -2.36. The van der Waals surface area contributed by atoms with Gasteiger partial charge >= 0.3 is 0 Å². The summed E-state index contributed by atoms with van der Waals surface area (Å²) in [5.74, 6) is 0.515. The molecule has 0 saturated heterocycles. The molecule has 0 aliphatic heterocycles. The zero-order valence-corrected chi connectivity index (χ0v) is 8.42. The number of aromatic nitrogens is 2. The van der Waals surface area contributed by atoms with Gasteiger partial charge < -0.3 is 10.2 Å². The fourth-order valence-corrected chi connectivity index (χ4v) is 1.54. The number of nitrogen functional groups attached to an aromatic ring is 1. The fourth-order valence-electron chi connectivity index (χ4n) is 1.54. The number of oxazole rings is 1. The fraction of sp³-hybridized carbons (Fsp3) is 0. The summed E-state index contributed by atoms with van der Waals surface area (Å²) in [5.41, 5.74) is 8.52. The Bertz CT molecular complexity index is 631. The maximum atomic E-state index is 5.67. The van der Waals surface area contributed by atoms with Gasteiger partial charge in [0.15, 0.2) is 5.58 Å². The average molecular weight is 211 g/mol. The Kier molecular flexibility index (Phi) is 1.86. The Morgan fingerprint density at radius 2 is 2.06 bits per heavy atom. The van der Waals surface area contributed by atoms with Crippen molar-refractivity contribution >= 4 is 16.8 Å². The molecule has 0 aliphatic carbocycles. The van der Waals surface area contributed by atoms with Crippen LogP contribution in [0.15, 0.2) is 47.0 Å². The van der Waals surface area contributed by atoms with Gasteiger partial charge in [-0.15, -0.1) is 0 Å². The van der Waals surface area contributed by atoms with Gasteiger partial charge in [0, 0.05) is 18.0 Å². The Labute approximate surface area is 91.7 Å². The van der Waals surface area contributed by atoms with Crippen molar-refractivity contribution in [3.05, 3.63) is 42.6 Å². The summed E-state index contributed by atoms with van der Waals surface area (Å²) >= 11 is 0. The van der Waals surface area contributed by atoms with Crippen LogP contribution < -0.4 is 5.73 Å². The summed E-state index contributed by atoms with van der Waals surface area (Å²) in [5, 5.41) is 0. The molecule has 78 valence electrons. The summed E-state index contributed by atoms with van der Waals surface area (Å²) in [6, 6.07) is 11.0. The Morgan fingerprint density at radius 3 is 2.88 bits per heavy atom. The zero-order chi connectivity index (χ0) is 11.0. The predicted octanol–water partition coefficient (Wildman–Crippen LogP) is 2.47. The van der Waals surface area contributed by atoms with E-state index in [0.29, 0.717) is 17.2 Å². The van der Waals surface area contributed by atoms with Crippen LogP contribution in [-0.2, 0) is 0 Å². The lowest BCUT2D eigenvalue weighted by atomic mass is 10.3. The van der Waals surface area contributed by atoms with Crippen molar-refractivity contribution in [2.45, 2.75) is 0 Å². The number of hydrogen-bond donors (Lipinski definition) is 1. The summed E-state index contributed by atoms with van der Waals surface area (Å²) in [6.45, 7) is 0. The maximum absolute atomic E-state index is 5.67. The lowest BCUT2D eigenvalue weighted by Gasteiger charge is -1.90. The summed E-state index contributed by atoms with van der Waals surface area (Å²) in [4.78, 5) is 8.52. The van der Waals surface area contributed by atoms with E-state index in [-0.39, 0.29) is 0 Å². The minimum Gasteiger partial charge on any atom is -0.435 e. The van der Waals surface area contributed by atoms with Crippen LogP contribution in [0.25, 0.3) is 22.7 Å². The molecule has 3 aromatic rings. The smallest absolute Gasteiger partial charge is 0.246 e. The van der Waals surface area contributed by atoms with Crippen molar-refractivity contribution in [3.8, 4) is 11.6 Å². The van der Waals surface area contributed by atoms with Gasteiger partial charge in [0.25, 0.3) is 0 Å². The highest BCUT2D eigenvalue weighted by molar-refractivity contribution is 5.78. The van der Waals surface area contributed by atoms with Gasteiger partial charge in [0.05, 0.1) is 0 Å². The van der Waals surface area contributed by atoms with Gasteiger partial charge in [-0.2, -0.15) is 0 Å².